The maximum Gasteiger partial charge on any atom is 0.0462 e. The highest BCUT2D eigenvalue weighted by atomic mass is 15.1. The molecular formula is C16H19N3. The number of rotatable bonds is 1. The minimum Gasteiger partial charge on any atom is -0.361 e. The average molecular weight is 253 g/mol. The summed E-state index contributed by atoms with van der Waals surface area (Å²) in [4.78, 5) is 5.86. The molecule has 1 aliphatic carbocycles. The highest BCUT2D eigenvalue weighted by Gasteiger charge is 2.32. The Kier molecular flexibility index (Phi) is 2.34. The molecule has 0 radical (unpaired) electrons. The summed E-state index contributed by atoms with van der Waals surface area (Å²) in [5.41, 5.74) is 11.5. The van der Waals surface area contributed by atoms with Gasteiger partial charge in [0, 0.05) is 35.6 Å². The molecule has 0 saturated carbocycles. The van der Waals surface area contributed by atoms with Gasteiger partial charge in [0.1, 0.15) is 0 Å². The Bertz CT molecular complexity index is 668. The van der Waals surface area contributed by atoms with Gasteiger partial charge in [-0.15, -0.1) is 0 Å². The van der Waals surface area contributed by atoms with Crippen molar-refractivity contribution in [3.63, 3.8) is 0 Å². The van der Waals surface area contributed by atoms with Crippen LogP contribution in [-0.2, 0) is 6.42 Å². The van der Waals surface area contributed by atoms with E-state index in [-0.39, 0.29) is 0 Å². The number of hydrogen-bond donors (Lipinski definition) is 2. The molecule has 1 aromatic heterocycles. The number of aromatic amines is 1. The molecule has 19 heavy (non-hydrogen) atoms. The zero-order chi connectivity index (χ0) is 13.0. The Morgan fingerprint density at radius 3 is 3.16 bits per heavy atom. The van der Waals surface area contributed by atoms with Gasteiger partial charge in [-0.25, -0.2) is 0 Å². The number of nitrogens with zero attached hydrogens (tertiary/aromatic N) is 1. The van der Waals surface area contributed by atoms with Crippen LogP contribution in [0.4, 0.5) is 0 Å². The third kappa shape index (κ3) is 1.52. The summed E-state index contributed by atoms with van der Waals surface area (Å²) in [7, 11) is 2.22. The number of likely N-dealkylation sites (N-methyl/N-ethyl adjacent to an activating group) is 1. The summed E-state index contributed by atoms with van der Waals surface area (Å²) in [5.74, 6) is 0.479. The van der Waals surface area contributed by atoms with Crippen molar-refractivity contribution in [3.8, 4) is 0 Å². The molecule has 0 spiro atoms. The zero-order valence-electron chi connectivity index (χ0n) is 11.2. The Morgan fingerprint density at radius 1 is 1.42 bits per heavy atom. The van der Waals surface area contributed by atoms with E-state index in [4.69, 9.17) is 5.73 Å². The van der Waals surface area contributed by atoms with Crippen molar-refractivity contribution < 1.29 is 0 Å². The van der Waals surface area contributed by atoms with E-state index in [0.29, 0.717) is 12.0 Å². The minimum absolute atomic E-state index is 0.479. The summed E-state index contributed by atoms with van der Waals surface area (Å²) < 4.78 is 0. The van der Waals surface area contributed by atoms with Gasteiger partial charge in [0.15, 0.2) is 0 Å². The van der Waals surface area contributed by atoms with E-state index in [1.54, 1.807) is 0 Å². The van der Waals surface area contributed by atoms with Crippen LogP contribution in [0.25, 0.3) is 16.5 Å². The zero-order valence-corrected chi connectivity index (χ0v) is 11.2. The van der Waals surface area contributed by atoms with E-state index in [1.807, 2.05) is 0 Å². The van der Waals surface area contributed by atoms with Gasteiger partial charge in [-0.2, -0.15) is 0 Å². The van der Waals surface area contributed by atoms with Crippen LogP contribution in [-0.4, -0.2) is 36.1 Å². The van der Waals surface area contributed by atoms with Crippen LogP contribution in [0.15, 0.2) is 30.5 Å². The molecule has 2 aliphatic rings. The first-order valence-electron chi connectivity index (χ1n) is 6.99. The summed E-state index contributed by atoms with van der Waals surface area (Å²) in [6.45, 7) is 1.80. The molecule has 2 aromatic rings. The molecule has 0 saturated heterocycles. The quantitative estimate of drug-likeness (QED) is 0.816. The lowest BCUT2D eigenvalue weighted by molar-refractivity contribution is 0.247. The van der Waals surface area contributed by atoms with Crippen LogP contribution in [0.5, 0.6) is 0 Å². The summed E-state index contributed by atoms with van der Waals surface area (Å²) in [5, 5.41) is 1.41. The van der Waals surface area contributed by atoms with E-state index in [1.165, 1.54) is 27.6 Å². The standard InChI is InChI=1S/C16H19N3/c1-19-9-10(7-17)5-13-12-3-2-4-14-16(12)11(8-18-14)6-15(13)19/h2-5,8,10,15,18H,6-7,9,17H2,1H3/t10?,15-/m1/s1. The van der Waals surface area contributed by atoms with Gasteiger partial charge in [0.25, 0.3) is 0 Å². The maximum atomic E-state index is 5.88. The third-order valence-corrected chi connectivity index (χ3v) is 4.64. The van der Waals surface area contributed by atoms with Crippen LogP contribution in [0.2, 0.25) is 0 Å². The van der Waals surface area contributed by atoms with E-state index < -0.39 is 0 Å². The Morgan fingerprint density at radius 2 is 2.32 bits per heavy atom. The smallest absolute Gasteiger partial charge is 0.0462 e. The second kappa shape index (κ2) is 3.95. The number of benzene rings is 1. The van der Waals surface area contributed by atoms with E-state index in [0.717, 1.165) is 19.5 Å². The minimum atomic E-state index is 0.479. The van der Waals surface area contributed by atoms with Gasteiger partial charge in [0.2, 0.25) is 0 Å². The lowest BCUT2D eigenvalue weighted by atomic mass is 9.80. The molecule has 1 unspecified atom stereocenters. The lowest BCUT2D eigenvalue weighted by Crippen LogP contribution is -2.44. The SMILES string of the molecule is CN1CC(CN)C=C2c3cccc4[nH]cc(c34)C[C@H]21. The highest BCUT2D eigenvalue weighted by Crippen LogP contribution is 2.40. The molecule has 0 fully saturated rings. The molecule has 4 rings (SSSR count). The van der Waals surface area contributed by atoms with Gasteiger partial charge in [0.05, 0.1) is 0 Å². The lowest BCUT2D eigenvalue weighted by Gasteiger charge is -2.39. The molecule has 1 aliphatic heterocycles. The Hall–Kier alpha value is -1.58. The molecular weight excluding hydrogens is 234 g/mol. The summed E-state index contributed by atoms with van der Waals surface area (Å²) in [6, 6.07) is 7.07. The Labute approximate surface area is 113 Å². The van der Waals surface area contributed by atoms with Crippen molar-refractivity contribution in [1.82, 2.24) is 9.88 Å². The monoisotopic (exact) mass is 253 g/mol. The van der Waals surface area contributed by atoms with Crippen molar-refractivity contribution in [3.05, 3.63) is 41.6 Å². The topological polar surface area (TPSA) is 45.0 Å². The first-order valence-corrected chi connectivity index (χ1v) is 6.99. The molecule has 3 N–H and O–H groups in total. The van der Waals surface area contributed by atoms with Crippen molar-refractivity contribution >= 4 is 16.5 Å². The van der Waals surface area contributed by atoms with Gasteiger partial charge in [-0.05, 0) is 42.8 Å². The fraction of sp³-hybridized carbons (Fsp3) is 0.375. The first kappa shape index (κ1) is 11.3. The molecule has 3 heteroatoms. The average Bonchev–Trinajstić information content (AvgIpc) is 2.85. The van der Waals surface area contributed by atoms with Crippen molar-refractivity contribution in [2.24, 2.45) is 11.7 Å². The summed E-state index contributed by atoms with van der Waals surface area (Å²) >= 11 is 0. The Balaban J connectivity index is 1.97. The maximum absolute atomic E-state index is 5.88. The fourth-order valence-electron chi connectivity index (χ4n) is 3.70. The molecule has 98 valence electrons. The number of hydrogen-bond acceptors (Lipinski definition) is 2. The van der Waals surface area contributed by atoms with Gasteiger partial charge in [-0.1, -0.05) is 18.2 Å². The number of H-pyrrole nitrogens is 1. The van der Waals surface area contributed by atoms with Gasteiger partial charge in [-0.3, -0.25) is 4.90 Å². The molecule has 0 bridgehead atoms. The third-order valence-electron chi connectivity index (χ3n) is 4.64. The second-order valence-electron chi connectivity index (χ2n) is 5.82. The van der Waals surface area contributed by atoms with Crippen LogP contribution in [0, 0.1) is 5.92 Å². The number of nitrogens with two attached hydrogens (primary N) is 1. The van der Waals surface area contributed by atoms with Crippen LogP contribution >= 0.6 is 0 Å². The number of aromatic nitrogens is 1. The van der Waals surface area contributed by atoms with Crippen LogP contribution < -0.4 is 5.73 Å². The predicted molar refractivity (Wildman–Crippen MR) is 78.9 cm³/mol. The normalized spacial score (nSPS) is 26.3. The molecule has 3 nitrogen and oxygen atoms in total. The van der Waals surface area contributed by atoms with Gasteiger partial charge < -0.3 is 10.7 Å². The molecule has 0 amide bonds. The number of fused-ring (bicyclic) bond motifs is 2. The summed E-state index contributed by atoms with van der Waals surface area (Å²) in [6.07, 6.45) is 5.69. The largest absolute Gasteiger partial charge is 0.361 e. The molecule has 2 atom stereocenters. The fourth-order valence-corrected chi connectivity index (χ4v) is 3.70. The van der Waals surface area contributed by atoms with E-state index in [2.05, 4.69) is 47.4 Å². The van der Waals surface area contributed by atoms with Crippen LogP contribution in [0.3, 0.4) is 0 Å². The van der Waals surface area contributed by atoms with Gasteiger partial charge >= 0.3 is 0 Å². The van der Waals surface area contributed by atoms with E-state index >= 15 is 0 Å². The molecule has 2 heterocycles. The van der Waals surface area contributed by atoms with E-state index in [9.17, 15) is 0 Å². The highest BCUT2D eigenvalue weighted by molar-refractivity contribution is 5.98. The number of nitrogens with one attached hydrogen (secondary N) is 1. The van der Waals surface area contributed by atoms with Crippen molar-refractivity contribution in [1.29, 1.82) is 0 Å². The van der Waals surface area contributed by atoms with Crippen molar-refractivity contribution in [2.75, 3.05) is 20.1 Å². The predicted octanol–water partition coefficient (Wildman–Crippen LogP) is 2.00. The molecule has 1 aromatic carbocycles. The van der Waals surface area contributed by atoms with Crippen LogP contribution in [0.1, 0.15) is 11.1 Å². The van der Waals surface area contributed by atoms with Crippen molar-refractivity contribution in [2.45, 2.75) is 12.5 Å². The second-order valence-corrected chi connectivity index (χ2v) is 5.82. The first-order chi connectivity index (χ1) is 9.28.